The summed E-state index contributed by atoms with van der Waals surface area (Å²) in [6, 6.07) is 11.6. The van der Waals surface area contributed by atoms with Gasteiger partial charge in [0.05, 0.1) is 0 Å². The molecule has 0 radical (unpaired) electrons. The van der Waals surface area contributed by atoms with Crippen molar-refractivity contribution in [2.24, 2.45) is 5.92 Å². The molecule has 2 aromatic carbocycles. The van der Waals surface area contributed by atoms with E-state index >= 15 is 0 Å². The molecular formula is C26H29ClF2N2O. The molecule has 1 saturated heterocycles. The molecular weight excluding hydrogens is 430 g/mol. The SMILES string of the molecule is O=C(/C=C/c1cc(F)cc(F)c1)NC1CCC(CN2CCC(c3ccc(Cl)cc3)CC2)C1. The van der Waals surface area contributed by atoms with Crippen molar-refractivity contribution >= 4 is 23.6 Å². The number of nitrogens with one attached hydrogen (secondary N) is 1. The lowest BCUT2D eigenvalue weighted by Gasteiger charge is -2.33. The number of benzene rings is 2. The lowest BCUT2D eigenvalue weighted by Crippen LogP contribution is -2.37. The first-order valence-corrected chi connectivity index (χ1v) is 11.7. The molecule has 2 aromatic rings. The second-order valence-corrected chi connectivity index (χ2v) is 9.48. The second-order valence-electron chi connectivity index (χ2n) is 9.05. The molecule has 2 fully saturated rings. The molecule has 0 bridgehead atoms. The summed E-state index contributed by atoms with van der Waals surface area (Å²) in [6.07, 6.45) is 8.19. The van der Waals surface area contributed by atoms with Crippen molar-refractivity contribution in [2.75, 3.05) is 19.6 Å². The lowest BCUT2D eigenvalue weighted by molar-refractivity contribution is -0.117. The molecule has 3 nitrogen and oxygen atoms in total. The van der Waals surface area contributed by atoms with E-state index in [1.165, 1.54) is 42.7 Å². The van der Waals surface area contributed by atoms with Crippen molar-refractivity contribution < 1.29 is 13.6 Å². The summed E-state index contributed by atoms with van der Waals surface area (Å²) in [7, 11) is 0. The molecule has 4 rings (SSSR count). The zero-order valence-electron chi connectivity index (χ0n) is 18.1. The highest BCUT2D eigenvalue weighted by Crippen LogP contribution is 2.31. The van der Waals surface area contributed by atoms with Crippen LogP contribution in [0.15, 0.2) is 48.5 Å². The standard InChI is InChI=1S/C26H29ClF2N2O/c27-22-5-3-20(4-6-22)21-9-11-31(12-10-21)17-19-1-7-25(15-19)30-26(32)8-2-18-13-23(28)16-24(29)14-18/h2-6,8,13-14,16,19,21,25H,1,7,9-12,15,17H2,(H,30,32)/b8-2+. The third kappa shape index (κ3) is 6.39. The van der Waals surface area contributed by atoms with Gasteiger partial charge in [0.1, 0.15) is 11.6 Å². The van der Waals surface area contributed by atoms with Gasteiger partial charge < -0.3 is 10.2 Å². The highest BCUT2D eigenvalue weighted by atomic mass is 35.5. The normalized spacial score (nSPS) is 22.5. The molecule has 6 heteroatoms. The largest absolute Gasteiger partial charge is 0.350 e. The Bertz CT molecular complexity index is 935. The summed E-state index contributed by atoms with van der Waals surface area (Å²) in [5, 5.41) is 3.82. The maximum Gasteiger partial charge on any atom is 0.244 e. The van der Waals surface area contributed by atoms with Crippen LogP contribution in [0.2, 0.25) is 5.02 Å². The fourth-order valence-electron chi connectivity index (χ4n) is 5.01. The first-order valence-electron chi connectivity index (χ1n) is 11.4. The highest BCUT2D eigenvalue weighted by molar-refractivity contribution is 6.30. The molecule has 1 N–H and O–H groups in total. The van der Waals surface area contributed by atoms with Crippen LogP contribution in [0.5, 0.6) is 0 Å². The van der Waals surface area contributed by atoms with Crippen LogP contribution in [0.4, 0.5) is 8.78 Å². The number of amides is 1. The fraction of sp³-hybridized carbons (Fsp3) is 0.423. The zero-order valence-corrected chi connectivity index (χ0v) is 18.8. The molecule has 2 unspecified atom stereocenters. The zero-order chi connectivity index (χ0) is 22.5. The van der Waals surface area contributed by atoms with Gasteiger partial charge in [-0.15, -0.1) is 0 Å². The molecule has 2 aliphatic rings. The Morgan fingerprint density at radius 3 is 2.41 bits per heavy atom. The van der Waals surface area contributed by atoms with Crippen molar-refractivity contribution in [1.29, 1.82) is 0 Å². The molecule has 1 aliphatic heterocycles. The van der Waals surface area contributed by atoms with Crippen molar-refractivity contribution in [3.8, 4) is 0 Å². The number of carbonyl (C=O) groups is 1. The lowest BCUT2D eigenvalue weighted by atomic mass is 9.89. The fourth-order valence-corrected chi connectivity index (χ4v) is 5.14. The molecule has 2 atom stereocenters. The summed E-state index contributed by atoms with van der Waals surface area (Å²) in [6.45, 7) is 3.29. The average Bonchev–Trinajstić information content (AvgIpc) is 3.19. The second kappa shape index (κ2) is 10.6. The van der Waals surface area contributed by atoms with Crippen molar-refractivity contribution in [3.63, 3.8) is 0 Å². The topological polar surface area (TPSA) is 32.3 Å². The number of hydrogen-bond donors (Lipinski definition) is 1. The third-order valence-electron chi connectivity index (χ3n) is 6.65. The summed E-state index contributed by atoms with van der Waals surface area (Å²) >= 11 is 6.00. The van der Waals surface area contributed by atoms with Gasteiger partial charge in [0, 0.05) is 29.8 Å². The molecule has 1 aliphatic carbocycles. The predicted molar refractivity (Wildman–Crippen MR) is 125 cm³/mol. The van der Waals surface area contributed by atoms with Crippen LogP contribution in [0.25, 0.3) is 6.08 Å². The summed E-state index contributed by atoms with van der Waals surface area (Å²) in [5.41, 5.74) is 1.72. The quantitative estimate of drug-likeness (QED) is 0.555. The van der Waals surface area contributed by atoms with Crippen molar-refractivity contribution in [3.05, 3.63) is 76.3 Å². The van der Waals surface area contributed by atoms with Gasteiger partial charge in [-0.25, -0.2) is 8.78 Å². The monoisotopic (exact) mass is 458 g/mol. The van der Waals surface area contributed by atoms with E-state index in [1.54, 1.807) is 0 Å². The van der Waals surface area contributed by atoms with Gasteiger partial charge in [-0.1, -0.05) is 23.7 Å². The maximum atomic E-state index is 13.3. The number of halogens is 3. The summed E-state index contributed by atoms with van der Waals surface area (Å²) in [4.78, 5) is 14.8. The van der Waals surface area contributed by atoms with Gasteiger partial charge >= 0.3 is 0 Å². The third-order valence-corrected chi connectivity index (χ3v) is 6.90. The number of hydrogen-bond acceptors (Lipinski definition) is 2. The Morgan fingerprint density at radius 2 is 1.72 bits per heavy atom. The Hall–Kier alpha value is -2.24. The first-order chi connectivity index (χ1) is 15.4. The molecule has 1 saturated carbocycles. The molecule has 170 valence electrons. The maximum absolute atomic E-state index is 13.3. The van der Waals surface area contributed by atoms with Gasteiger partial charge in [0.15, 0.2) is 0 Å². The number of piperidine rings is 1. The van der Waals surface area contributed by atoms with Crippen molar-refractivity contribution in [1.82, 2.24) is 10.2 Å². The van der Waals surface area contributed by atoms with Crippen LogP contribution in [-0.4, -0.2) is 36.5 Å². The van der Waals surface area contributed by atoms with Crippen LogP contribution in [0.3, 0.4) is 0 Å². The van der Waals surface area contributed by atoms with Gasteiger partial charge in [0.25, 0.3) is 0 Å². The van der Waals surface area contributed by atoms with E-state index in [0.717, 1.165) is 50.0 Å². The van der Waals surface area contributed by atoms with E-state index in [-0.39, 0.29) is 11.9 Å². The van der Waals surface area contributed by atoms with E-state index in [0.29, 0.717) is 17.4 Å². The van der Waals surface area contributed by atoms with E-state index < -0.39 is 11.6 Å². The van der Waals surface area contributed by atoms with Crippen molar-refractivity contribution in [2.45, 2.75) is 44.1 Å². The molecule has 0 spiro atoms. The Kier molecular flexibility index (Phi) is 7.59. The van der Waals surface area contributed by atoms with Crippen LogP contribution >= 0.6 is 11.6 Å². The number of carbonyl (C=O) groups excluding carboxylic acids is 1. The Morgan fingerprint density at radius 1 is 1.03 bits per heavy atom. The Balaban J connectivity index is 1.19. The van der Waals surface area contributed by atoms with E-state index in [9.17, 15) is 13.6 Å². The minimum atomic E-state index is -0.652. The van der Waals surface area contributed by atoms with Crippen LogP contribution in [0.1, 0.15) is 49.1 Å². The van der Waals surface area contributed by atoms with Gasteiger partial charge in [0.2, 0.25) is 5.91 Å². The Labute approximate surface area is 193 Å². The van der Waals surface area contributed by atoms with Crippen LogP contribution < -0.4 is 5.32 Å². The van der Waals surface area contributed by atoms with Crippen LogP contribution in [-0.2, 0) is 4.79 Å². The van der Waals surface area contributed by atoms with Gasteiger partial charge in [-0.2, -0.15) is 0 Å². The number of rotatable bonds is 6. The number of nitrogens with zero attached hydrogens (tertiary/aromatic N) is 1. The minimum Gasteiger partial charge on any atom is -0.350 e. The first kappa shape index (κ1) is 22.9. The van der Waals surface area contributed by atoms with Gasteiger partial charge in [-0.05, 0) is 98.5 Å². The smallest absolute Gasteiger partial charge is 0.244 e. The van der Waals surface area contributed by atoms with Crippen LogP contribution in [0, 0.1) is 17.6 Å². The highest BCUT2D eigenvalue weighted by Gasteiger charge is 2.28. The predicted octanol–water partition coefficient (Wildman–Crippen LogP) is 5.80. The molecule has 1 amide bonds. The molecule has 0 aromatic heterocycles. The van der Waals surface area contributed by atoms with E-state index in [4.69, 9.17) is 11.6 Å². The minimum absolute atomic E-state index is 0.160. The van der Waals surface area contributed by atoms with E-state index in [2.05, 4.69) is 22.3 Å². The van der Waals surface area contributed by atoms with E-state index in [1.807, 2.05) is 12.1 Å². The van der Waals surface area contributed by atoms with Gasteiger partial charge in [-0.3, -0.25) is 4.79 Å². The average molecular weight is 459 g/mol. The molecule has 1 heterocycles. The number of likely N-dealkylation sites (tertiary alicyclic amines) is 1. The molecule has 32 heavy (non-hydrogen) atoms. The summed E-state index contributed by atoms with van der Waals surface area (Å²) in [5.74, 6) is -0.322. The summed E-state index contributed by atoms with van der Waals surface area (Å²) < 4.78 is 26.5.